The summed E-state index contributed by atoms with van der Waals surface area (Å²) >= 11 is 0. The monoisotopic (exact) mass is 536 g/mol. The van der Waals surface area contributed by atoms with Crippen molar-refractivity contribution in [1.82, 2.24) is 9.80 Å². The molecule has 11 nitrogen and oxygen atoms in total. The maximum Gasteiger partial charge on any atom is 0.270 e. The first-order chi connectivity index (χ1) is 16.4. The molecule has 0 aromatic heterocycles. The number of nitro benzene ring substituents is 1. The van der Waals surface area contributed by atoms with Gasteiger partial charge in [0, 0.05) is 67.4 Å². The van der Waals surface area contributed by atoms with Crippen molar-refractivity contribution in [3.8, 4) is 5.75 Å². The molecule has 1 amide bonds. The molecular formula is C23H26Cl2N6O5. The average Bonchev–Trinajstić information content (AvgIpc) is 3.33. The Morgan fingerprint density at radius 1 is 1.06 bits per heavy atom. The fourth-order valence-electron chi connectivity index (χ4n) is 4.31. The zero-order valence-electron chi connectivity index (χ0n) is 19.4. The van der Waals surface area contributed by atoms with Crippen molar-refractivity contribution in [2.75, 3.05) is 57.0 Å². The molecule has 3 heterocycles. The first kappa shape index (κ1) is 27.2. The Hall–Kier alpha value is -3.38. The van der Waals surface area contributed by atoms with Crippen molar-refractivity contribution in [3.63, 3.8) is 0 Å². The molecule has 36 heavy (non-hydrogen) atoms. The molecule has 2 aromatic rings. The Bertz CT molecular complexity index is 1240. The number of benzene rings is 2. The minimum atomic E-state index is -0.503. The molecule has 1 saturated heterocycles. The van der Waals surface area contributed by atoms with Crippen LogP contribution in [0.1, 0.15) is 11.1 Å². The van der Waals surface area contributed by atoms with Gasteiger partial charge in [0.15, 0.2) is 0 Å². The van der Waals surface area contributed by atoms with E-state index >= 15 is 0 Å². The highest BCUT2D eigenvalue weighted by Gasteiger charge is 2.35. The number of aromatic hydroxyl groups is 1. The van der Waals surface area contributed by atoms with Crippen LogP contribution >= 0.6 is 24.8 Å². The lowest BCUT2D eigenvalue weighted by atomic mass is 10.0. The molecule has 0 radical (unpaired) electrons. The van der Waals surface area contributed by atoms with Crippen LogP contribution in [0, 0.1) is 10.1 Å². The highest BCUT2D eigenvalue weighted by molar-refractivity contribution is 6.39. The van der Waals surface area contributed by atoms with E-state index in [0.29, 0.717) is 47.1 Å². The van der Waals surface area contributed by atoms with Crippen molar-refractivity contribution in [1.29, 1.82) is 0 Å². The number of phenols is 1. The lowest BCUT2D eigenvalue weighted by Crippen LogP contribution is -2.45. The van der Waals surface area contributed by atoms with Crippen molar-refractivity contribution in [3.05, 3.63) is 63.3 Å². The van der Waals surface area contributed by atoms with Crippen LogP contribution in [0.2, 0.25) is 0 Å². The SMILES string of the molecule is CN1CCN(CCO/N=C2/C(=C3/C(=O)Nc4ccc([N+](=O)[O-])cc43)Nc3ccc(O)cc32)CC1.Cl.Cl. The van der Waals surface area contributed by atoms with Crippen molar-refractivity contribution >= 4 is 59.1 Å². The Morgan fingerprint density at radius 3 is 2.47 bits per heavy atom. The average molecular weight is 537 g/mol. The van der Waals surface area contributed by atoms with E-state index in [0.717, 1.165) is 26.2 Å². The van der Waals surface area contributed by atoms with Crippen LogP contribution in [0.5, 0.6) is 5.75 Å². The molecule has 0 spiro atoms. The molecule has 1 fully saturated rings. The van der Waals surface area contributed by atoms with Gasteiger partial charge in [0.2, 0.25) is 0 Å². The first-order valence-electron chi connectivity index (χ1n) is 11.0. The number of amides is 1. The maximum absolute atomic E-state index is 12.9. The maximum atomic E-state index is 12.9. The predicted octanol–water partition coefficient (Wildman–Crippen LogP) is 2.90. The number of nitro groups is 1. The normalized spacial score (nSPS) is 20.0. The molecule has 0 unspecified atom stereocenters. The second-order valence-corrected chi connectivity index (χ2v) is 8.46. The number of allylic oxidation sites excluding steroid dienone is 1. The van der Waals surface area contributed by atoms with Gasteiger partial charge in [0.1, 0.15) is 18.1 Å². The number of rotatable bonds is 5. The van der Waals surface area contributed by atoms with E-state index in [1.807, 2.05) is 0 Å². The van der Waals surface area contributed by atoms with Gasteiger partial charge in [-0.05, 0) is 31.3 Å². The zero-order chi connectivity index (χ0) is 23.8. The number of non-ortho nitro benzene ring substituents is 1. The largest absolute Gasteiger partial charge is 0.508 e. The topological polar surface area (TPSA) is 133 Å². The number of carbonyl (C=O) groups is 1. The minimum absolute atomic E-state index is 0. The predicted molar refractivity (Wildman–Crippen MR) is 141 cm³/mol. The Morgan fingerprint density at radius 2 is 1.75 bits per heavy atom. The molecule has 3 aliphatic rings. The molecule has 3 N–H and O–H groups in total. The third kappa shape index (κ3) is 5.24. The van der Waals surface area contributed by atoms with Gasteiger partial charge in [0.25, 0.3) is 11.6 Å². The van der Waals surface area contributed by atoms with E-state index in [2.05, 4.69) is 32.6 Å². The highest BCUT2D eigenvalue weighted by atomic mass is 35.5. The van der Waals surface area contributed by atoms with Gasteiger partial charge >= 0.3 is 0 Å². The molecule has 13 heteroatoms. The molecule has 2 aromatic carbocycles. The van der Waals surface area contributed by atoms with Crippen LogP contribution in [0.25, 0.3) is 5.57 Å². The van der Waals surface area contributed by atoms with Crippen LogP contribution in [0.4, 0.5) is 17.1 Å². The fourth-order valence-corrected chi connectivity index (χ4v) is 4.31. The number of likely N-dealkylation sites (N-methyl/N-ethyl adjacent to an activating group) is 1. The summed E-state index contributed by atoms with van der Waals surface area (Å²) in [6.07, 6.45) is 0. The quantitative estimate of drug-likeness (QED) is 0.174. The third-order valence-corrected chi connectivity index (χ3v) is 6.21. The van der Waals surface area contributed by atoms with Gasteiger partial charge in [-0.3, -0.25) is 19.8 Å². The zero-order valence-corrected chi connectivity index (χ0v) is 21.0. The number of fused-ring (bicyclic) bond motifs is 2. The van der Waals surface area contributed by atoms with E-state index in [9.17, 15) is 20.0 Å². The van der Waals surface area contributed by atoms with E-state index in [-0.39, 0.29) is 41.8 Å². The molecule has 0 saturated carbocycles. The highest BCUT2D eigenvalue weighted by Crippen LogP contribution is 2.41. The molecule has 192 valence electrons. The molecule has 0 aliphatic carbocycles. The van der Waals surface area contributed by atoms with Crippen molar-refractivity contribution in [2.45, 2.75) is 0 Å². The van der Waals surface area contributed by atoms with E-state index in [1.165, 1.54) is 24.3 Å². The standard InChI is InChI=1S/C23H24N6O5.2ClH/c1-27-6-8-28(9-7-27)10-11-34-26-21-17-13-15(30)3-5-19(17)24-22(21)20-16-12-14(29(32)33)2-4-18(16)25-23(20)31;;/h2-5,12-13,24,30H,6-11H2,1H3,(H,25,31);2*1H/b22-20-,26-21+;;. The van der Waals surface area contributed by atoms with Gasteiger partial charge in [-0.2, -0.15) is 0 Å². The van der Waals surface area contributed by atoms with Gasteiger partial charge in [0.05, 0.1) is 16.2 Å². The number of hydrogen-bond donors (Lipinski definition) is 3. The Kier molecular flexibility index (Phi) is 8.41. The van der Waals surface area contributed by atoms with Gasteiger partial charge < -0.3 is 25.5 Å². The van der Waals surface area contributed by atoms with Crippen LogP contribution in [-0.4, -0.2) is 77.8 Å². The number of carbonyl (C=O) groups excluding carboxylic acids is 1. The van der Waals surface area contributed by atoms with Crippen LogP contribution < -0.4 is 10.6 Å². The summed E-state index contributed by atoms with van der Waals surface area (Å²) in [5, 5.41) is 31.6. The number of piperazine rings is 1. The summed E-state index contributed by atoms with van der Waals surface area (Å²) in [6.45, 7) is 4.99. The lowest BCUT2D eigenvalue weighted by Gasteiger charge is -2.31. The van der Waals surface area contributed by atoms with Crippen LogP contribution in [0.3, 0.4) is 0 Å². The van der Waals surface area contributed by atoms with E-state index < -0.39 is 10.8 Å². The molecule has 0 bridgehead atoms. The number of halogens is 2. The summed E-state index contributed by atoms with van der Waals surface area (Å²) in [4.78, 5) is 33.9. The van der Waals surface area contributed by atoms with Crippen molar-refractivity contribution in [2.24, 2.45) is 5.16 Å². The molecule has 5 rings (SSSR count). The Labute approximate surface area is 219 Å². The second-order valence-electron chi connectivity index (χ2n) is 8.46. The molecule has 0 atom stereocenters. The number of nitrogens with one attached hydrogen (secondary N) is 2. The van der Waals surface area contributed by atoms with E-state index in [4.69, 9.17) is 4.84 Å². The third-order valence-electron chi connectivity index (χ3n) is 6.21. The number of nitrogens with zero attached hydrogens (tertiary/aromatic N) is 4. The smallest absolute Gasteiger partial charge is 0.270 e. The van der Waals surface area contributed by atoms with Crippen molar-refractivity contribution < 1.29 is 19.7 Å². The van der Waals surface area contributed by atoms with E-state index in [1.54, 1.807) is 12.1 Å². The van der Waals surface area contributed by atoms with Crippen LogP contribution in [0.15, 0.2) is 47.3 Å². The second kappa shape index (κ2) is 11.1. The van der Waals surface area contributed by atoms with Gasteiger partial charge in [-0.1, -0.05) is 5.16 Å². The fraction of sp³-hybridized carbons (Fsp3) is 0.304. The first-order valence-corrected chi connectivity index (χ1v) is 11.0. The van der Waals surface area contributed by atoms with Crippen LogP contribution in [-0.2, 0) is 9.63 Å². The number of anilines is 2. The summed E-state index contributed by atoms with van der Waals surface area (Å²) in [6, 6.07) is 8.97. The number of phenolic OH excluding ortho intramolecular Hbond substituents is 1. The number of oxime groups is 1. The Balaban J connectivity index is 0.00000180. The van der Waals surface area contributed by atoms with Gasteiger partial charge in [-0.25, -0.2) is 0 Å². The molecular weight excluding hydrogens is 511 g/mol. The summed E-state index contributed by atoms with van der Waals surface area (Å²) < 4.78 is 0. The lowest BCUT2D eigenvalue weighted by molar-refractivity contribution is -0.384. The summed E-state index contributed by atoms with van der Waals surface area (Å²) in [5.74, 6) is -0.357. The van der Waals surface area contributed by atoms with Gasteiger partial charge in [-0.15, -0.1) is 24.8 Å². The minimum Gasteiger partial charge on any atom is -0.508 e. The molecule has 3 aliphatic heterocycles. The summed E-state index contributed by atoms with van der Waals surface area (Å²) in [7, 11) is 2.10. The summed E-state index contributed by atoms with van der Waals surface area (Å²) in [5.41, 5.74) is 2.95. The number of hydrogen-bond acceptors (Lipinski definition) is 9.